The number of Topliss-reactive ketones (excluding diaryl/α,β-unsaturated/α-hetero) is 1. The van der Waals surface area contributed by atoms with Crippen LogP contribution in [0.5, 0.6) is 0 Å². The van der Waals surface area contributed by atoms with Gasteiger partial charge in [-0.15, -0.1) is 0 Å². The summed E-state index contributed by atoms with van der Waals surface area (Å²) in [6.45, 7) is 5.29. The first-order valence-electron chi connectivity index (χ1n) is 7.19. The number of carbonyl (C=O) groups excluding carboxylic acids is 2. The van der Waals surface area contributed by atoms with Gasteiger partial charge in [-0.3, -0.25) is 4.79 Å². The van der Waals surface area contributed by atoms with Gasteiger partial charge in [0.15, 0.2) is 0 Å². The van der Waals surface area contributed by atoms with Crippen LogP contribution in [0.2, 0.25) is 0 Å². The monoisotopic (exact) mass is 378 g/mol. The van der Waals surface area contributed by atoms with Crippen molar-refractivity contribution in [1.82, 2.24) is 4.98 Å². The van der Waals surface area contributed by atoms with Crippen molar-refractivity contribution in [1.29, 1.82) is 0 Å². The van der Waals surface area contributed by atoms with E-state index in [0.29, 0.717) is 22.5 Å². The summed E-state index contributed by atoms with van der Waals surface area (Å²) in [6, 6.07) is 7.15. The smallest absolute Gasteiger partial charge is 0.339 e. The minimum absolute atomic E-state index is 0.108. The maximum atomic E-state index is 12.7. The van der Waals surface area contributed by atoms with Crippen molar-refractivity contribution in [3.8, 4) is 0 Å². The standard InChI is InChI=1S/C17H19BrN2O3/c1-9-14(17(22)23-4)10(2)20-15(9)16(21)11(3)19-13-7-5-12(18)6-8-13/h5-8,11,19-20H,1-4H3/t11-/m0/s1. The number of benzene rings is 1. The molecular weight excluding hydrogens is 360 g/mol. The summed E-state index contributed by atoms with van der Waals surface area (Å²) in [5, 5.41) is 3.16. The highest BCUT2D eigenvalue weighted by molar-refractivity contribution is 9.10. The third-order valence-corrected chi connectivity index (χ3v) is 4.22. The van der Waals surface area contributed by atoms with E-state index in [4.69, 9.17) is 4.74 Å². The third-order valence-electron chi connectivity index (χ3n) is 3.69. The lowest BCUT2D eigenvalue weighted by molar-refractivity contribution is 0.0599. The molecule has 5 nitrogen and oxygen atoms in total. The van der Waals surface area contributed by atoms with E-state index >= 15 is 0 Å². The number of hydrogen-bond donors (Lipinski definition) is 2. The summed E-state index contributed by atoms with van der Waals surface area (Å²) in [4.78, 5) is 27.5. The molecule has 2 aromatic rings. The molecule has 0 bridgehead atoms. The Morgan fingerprint density at radius 3 is 2.39 bits per heavy atom. The number of rotatable bonds is 5. The molecule has 0 amide bonds. The van der Waals surface area contributed by atoms with Crippen molar-refractivity contribution < 1.29 is 14.3 Å². The van der Waals surface area contributed by atoms with Crippen LogP contribution >= 0.6 is 15.9 Å². The van der Waals surface area contributed by atoms with E-state index in [1.54, 1.807) is 20.8 Å². The predicted octanol–water partition coefficient (Wildman–Crippen LogP) is 3.86. The van der Waals surface area contributed by atoms with Gasteiger partial charge in [0, 0.05) is 15.9 Å². The highest BCUT2D eigenvalue weighted by Crippen LogP contribution is 2.21. The van der Waals surface area contributed by atoms with Crippen LogP contribution in [0, 0.1) is 13.8 Å². The van der Waals surface area contributed by atoms with Gasteiger partial charge in [0.1, 0.15) is 0 Å². The van der Waals surface area contributed by atoms with E-state index in [1.807, 2.05) is 24.3 Å². The Kier molecular flexibility index (Phi) is 5.26. The Labute approximate surface area is 143 Å². The quantitative estimate of drug-likeness (QED) is 0.611. The predicted molar refractivity (Wildman–Crippen MR) is 93.2 cm³/mol. The van der Waals surface area contributed by atoms with Crippen molar-refractivity contribution in [2.24, 2.45) is 0 Å². The van der Waals surface area contributed by atoms with Gasteiger partial charge in [-0.2, -0.15) is 0 Å². The average Bonchev–Trinajstić information content (AvgIpc) is 2.82. The summed E-state index contributed by atoms with van der Waals surface area (Å²) in [5.41, 5.74) is 2.95. The zero-order valence-corrected chi connectivity index (χ0v) is 15.1. The van der Waals surface area contributed by atoms with E-state index in [-0.39, 0.29) is 5.78 Å². The largest absolute Gasteiger partial charge is 0.465 e. The molecule has 0 unspecified atom stereocenters. The lowest BCUT2D eigenvalue weighted by Gasteiger charge is -2.14. The second-order valence-electron chi connectivity index (χ2n) is 5.35. The lowest BCUT2D eigenvalue weighted by atomic mass is 10.0. The Hall–Kier alpha value is -2.08. The molecule has 1 heterocycles. The Bertz CT molecular complexity index is 735. The van der Waals surface area contributed by atoms with Crippen LogP contribution in [0.15, 0.2) is 28.7 Å². The average molecular weight is 379 g/mol. The molecule has 0 spiro atoms. The van der Waals surface area contributed by atoms with E-state index in [9.17, 15) is 9.59 Å². The number of ether oxygens (including phenoxy) is 1. The number of ketones is 1. The lowest BCUT2D eigenvalue weighted by Crippen LogP contribution is -2.27. The van der Waals surface area contributed by atoms with E-state index in [1.165, 1.54) is 7.11 Å². The Balaban J connectivity index is 2.23. The van der Waals surface area contributed by atoms with E-state index in [0.717, 1.165) is 10.2 Å². The fourth-order valence-corrected chi connectivity index (χ4v) is 2.75. The van der Waals surface area contributed by atoms with Gasteiger partial charge < -0.3 is 15.0 Å². The second kappa shape index (κ2) is 7.00. The van der Waals surface area contributed by atoms with Gasteiger partial charge in [-0.25, -0.2) is 4.79 Å². The first-order valence-corrected chi connectivity index (χ1v) is 7.98. The van der Waals surface area contributed by atoms with Crippen LogP contribution in [-0.2, 0) is 4.74 Å². The molecule has 0 fully saturated rings. The van der Waals surface area contributed by atoms with E-state index in [2.05, 4.69) is 26.2 Å². The molecule has 23 heavy (non-hydrogen) atoms. The van der Waals surface area contributed by atoms with Crippen molar-refractivity contribution in [2.75, 3.05) is 12.4 Å². The Morgan fingerprint density at radius 2 is 1.83 bits per heavy atom. The maximum absolute atomic E-state index is 12.7. The number of aryl methyl sites for hydroxylation is 1. The molecular formula is C17H19BrN2O3. The van der Waals surface area contributed by atoms with E-state index < -0.39 is 12.0 Å². The zero-order chi connectivity index (χ0) is 17.1. The number of aromatic nitrogens is 1. The van der Waals surface area contributed by atoms with Crippen LogP contribution < -0.4 is 5.32 Å². The van der Waals surface area contributed by atoms with Gasteiger partial charge in [0.2, 0.25) is 5.78 Å². The molecule has 0 saturated heterocycles. The molecule has 122 valence electrons. The second-order valence-corrected chi connectivity index (χ2v) is 6.27. The fourth-order valence-electron chi connectivity index (χ4n) is 2.48. The molecule has 2 rings (SSSR count). The fraction of sp³-hybridized carbons (Fsp3) is 0.294. The summed E-state index contributed by atoms with van der Waals surface area (Å²) >= 11 is 3.37. The first-order chi connectivity index (χ1) is 10.8. The maximum Gasteiger partial charge on any atom is 0.339 e. The molecule has 0 saturated carbocycles. The van der Waals surface area contributed by atoms with Crippen molar-refractivity contribution >= 4 is 33.4 Å². The summed E-state index contributed by atoms with van der Waals surface area (Å²) in [7, 11) is 1.33. The number of esters is 1. The summed E-state index contributed by atoms with van der Waals surface area (Å²) in [6.07, 6.45) is 0. The molecule has 1 aromatic carbocycles. The minimum atomic E-state index is -0.441. The highest BCUT2D eigenvalue weighted by atomic mass is 79.9. The van der Waals surface area contributed by atoms with Crippen LogP contribution in [0.3, 0.4) is 0 Å². The molecule has 0 aliphatic rings. The first kappa shape index (κ1) is 17.3. The number of carbonyl (C=O) groups is 2. The van der Waals surface area contributed by atoms with Gasteiger partial charge in [-0.05, 0) is 50.6 Å². The molecule has 1 atom stereocenters. The number of H-pyrrole nitrogens is 1. The van der Waals surface area contributed by atoms with Crippen LogP contribution in [0.4, 0.5) is 5.69 Å². The van der Waals surface area contributed by atoms with Crippen LogP contribution in [0.25, 0.3) is 0 Å². The SMILES string of the molecule is COC(=O)c1c(C)[nH]c(C(=O)[C@H](C)Nc2ccc(Br)cc2)c1C. The van der Waals surface area contributed by atoms with Crippen molar-refractivity contribution in [2.45, 2.75) is 26.8 Å². The molecule has 2 N–H and O–H groups in total. The number of halogens is 1. The molecule has 6 heteroatoms. The van der Waals surface area contributed by atoms with Gasteiger partial charge in [0.05, 0.1) is 24.4 Å². The minimum Gasteiger partial charge on any atom is -0.465 e. The van der Waals surface area contributed by atoms with Gasteiger partial charge in [0.25, 0.3) is 0 Å². The number of hydrogen-bond acceptors (Lipinski definition) is 4. The van der Waals surface area contributed by atoms with Crippen LogP contribution in [-0.4, -0.2) is 29.9 Å². The summed E-state index contributed by atoms with van der Waals surface area (Å²) in [5.74, 6) is -0.549. The van der Waals surface area contributed by atoms with Crippen LogP contribution in [0.1, 0.15) is 39.0 Å². The van der Waals surface area contributed by atoms with Gasteiger partial charge in [-0.1, -0.05) is 15.9 Å². The number of nitrogens with one attached hydrogen (secondary N) is 2. The highest BCUT2D eigenvalue weighted by Gasteiger charge is 2.25. The molecule has 0 radical (unpaired) electrons. The van der Waals surface area contributed by atoms with Crippen molar-refractivity contribution in [3.63, 3.8) is 0 Å². The zero-order valence-electron chi connectivity index (χ0n) is 13.5. The third kappa shape index (κ3) is 3.64. The molecule has 0 aliphatic carbocycles. The number of aromatic amines is 1. The molecule has 1 aromatic heterocycles. The summed E-state index contributed by atoms with van der Waals surface area (Å²) < 4.78 is 5.74. The topological polar surface area (TPSA) is 71.2 Å². The van der Waals surface area contributed by atoms with Crippen molar-refractivity contribution in [3.05, 3.63) is 51.3 Å². The van der Waals surface area contributed by atoms with Gasteiger partial charge >= 0.3 is 5.97 Å². The number of methoxy groups -OCH3 is 1. The molecule has 0 aliphatic heterocycles. The normalized spacial score (nSPS) is 11.9. The Morgan fingerprint density at radius 1 is 1.22 bits per heavy atom. The number of anilines is 1.